The first-order valence-corrected chi connectivity index (χ1v) is 6.67. The van der Waals surface area contributed by atoms with Gasteiger partial charge in [0.25, 0.3) is 5.69 Å². The molecular formula is C11H11BrClNO4. The number of benzene rings is 1. The molecule has 1 aromatic rings. The number of carbonyl (C=O) groups excluding carboxylic acids is 1. The highest BCUT2D eigenvalue weighted by Crippen LogP contribution is 2.31. The summed E-state index contributed by atoms with van der Waals surface area (Å²) < 4.78 is 4.82. The van der Waals surface area contributed by atoms with E-state index in [2.05, 4.69) is 15.9 Å². The van der Waals surface area contributed by atoms with E-state index < -0.39 is 10.9 Å². The topological polar surface area (TPSA) is 69.4 Å². The maximum absolute atomic E-state index is 11.4. The van der Waals surface area contributed by atoms with E-state index in [1.54, 1.807) is 6.92 Å². The van der Waals surface area contributed by atoms with Crippen LogP contribution in [0.5, 0.6) is 0 Å². The molecule has 0 radical (unpaired) electrons. The standard InChI is InChI=1S/C11H11BrClNO4/c1-2-18-11(15)5-7-8(6-12)10(14(16)17)4-3-9(7)13/h3-4H,2,5-6H2,1H3. The van der Waals surface area contributed by atoms with Gasteiger partial charge in [-0.1, -0.05) is 27.5 Å². The summed E-state index contributed by atoms with van der Waals surface area (Å²) in [4.78, 5) is 21.8. The Morgan fingerprint density at radius 2 is 2.17 bits per heavy atom. The Bertz CT molecular complexity index is 478. The van der Waals surface area contributed by atoms with Crippen molar-refractivity contribution in [2.45, 2.75) is 18.7 Å². The van der Waals surface area contributed by atoms with Gasteiger partial charge in [0, 0.05) is 22.0 Å². The highest BCUT2D eigenvalue weighted by atomic mass is 79.9. The number of nitro benzene ring substituents is 1. The third-order valence-electron chi connectivity index (χ3n) is 2.31. The van der Waals surface area contributed by atoms with Crippen LogP contribution in [0.3, 0.4) is 0 Å². The first-order valence-electron chi connectivity index (χ1n) is 5.17. The highest BCUT2D eigenvalue weighted by Gasteiger charge is 2.21. The number of ether oxygens (including phenoxy) is 1. The highest BCUT2D eigenvalue weighted by molar-refractivity contribution is 9.08. The molecule has 0 bridgehead atoms. The number of esters is 1. The second kappa shape index (κ2) is 6.70. The number of hydrogen-bond acceptors (Lipinski definition) is 4. The van der Waals surface area contributed by atoms with Gasteiger partial charge in [0.05, 0.1) is 18.0 Å². The summed E-state index contributed by atoms with van der Waals surface area (Å²) in [6, 6.07) is 2.74. The Morgan fingerprint density at radius 3 is 2.67 bits per heavy atom. The number of nitro groups is 1. The number of rotatable bonds is 5. The molecule has 1 rings (SSSR count). The van der Waals surface area contributed by atoms with E-state index in [1.807, 2.05) is 0 Å². The molecule has 1 aromatic carbocycles. The molecule has 0 heterocycles. The molecule has 18 heavy (non-hydrogen) atoms. The van der Waals surface area contributed by atoms with E-state index in [0.29, 0.717) is 16.1 Å². The van der Waals surface area contributed by atoms with Gasteiger partial charge < -0.3 is 4.74 Å². The molecule has 0 atom stereocenters. The Morgan fingerprint density at radius 1 is 1.50 bits per heavy atom. The van der Waals surface area contributed by atoms with Gasteiger partial charge in [-0.15, -0.1) is 0 Å². The predicted molar refractivity (Wildman–Crippen MR) is 71.1 cm³/mol. The van der Waals surface area contributed by atoms with Crippen LogP contribution in [0.25, 0.3) is 0 Å². The van der Waals surface area contributed by atoms with Crippen LogP contribution < -0.4 is 0 Å². The lowest BCUT2D eigenvalue weighted by Gasteiger charge is -2.09. The van der Waals surface area contributed by atoms with Crippen molar-refractivity contribution in [3.63, 3.8) is 0 Å². The molecule has 0 saturated carbocycles. The maximum Gasteiger partial charge on any atom is 0.310 e. The molecular weight excluding hydrogens is 325 g/mol. The first kappa shape index (κ1) is 14.9. The van der Waals surface area contributed by atoms with E-state index in [-0.39, 0.29) is 24.0 Å². The van der Waals surface area contributed by atoms with Gasteiger partial charge in [-0.3, -0.25) is 14.9 Å². The van der Waals surface area contributed by atoms with Crippen LogP contribution >= 0.6 is 27.5 Å². The lowest BCUT2D eigenvalue weighted by molar-refractivity contribution is -0.385. The Labute approximate surface area is 117 Å². The SMILES string of the molecule is CCOC(=O)Cc1c(Cl)ccc([N+](=O)[O-])c1CBr. The Hall–Kier alpha value is -1.14. The number of hydrogen-bond donors (Lipinski definition) is 0. The molecule has 0 aliphatic carbocycles. The number of alkyl halides is 1. The summed E-state index contributed by atoms with van der Waals surface area (Å²) in [7, 11) is 0. The zero-order valence-electron chi connectivity index (χ0n) is 9.61. The average Bonchev–Trinajstić information content (AvgIpc) is 2.31. The molecule has 0 N–H and O–H groups in total. The van der Waals surface area contributed by atoms with Gasteiger partial charge in [0.1, 0.15) is 0 Å². The minimum absolute atomic E-state index is 0.0597. The monoisotopic (exact) mass is 335 g/mol. The van der Waals surface area contributed by atoms with Crippen LogP contribution in [-0.2, 0) is 21.3 Å². The quantitative estimate of drug-likeness (QED) is 0.358. The predicted octanol–water partition coefficient (Wildman–Crippen LogP) is 3.25. The maximum atomic E-state index is 11.4. The molecule has 5 nitrogen and oxygen atoms in total. The summed E-state index contributed by atoms with van der Waals surface area (Å²) in [5.41, 5.74) is 0.775. The first-order chi connectivity index (χ1) is 8.51. The third kappa shape index (κ3) is 3.43. The molecule has 0 aliphatic heterocycles. The van der Waals surface area contributed by atoms with Gasteiger partial charge in [-0.05, 0) is 18.6 Å². The van der Waals surface area contributed by atoms with Gasteiger partial charge in [0.15, 0.2) is 0 Å². The molecule has 98 valence electrons. The second-order valence-corrected chi connectivity index (χ2v) is 4.36. The van der Waals surface area contributed by atoms with Crippen LogP contribution in [0.4, 0.5) is 5.69 Å². The largest absolute Gasteiger partial charge is 0.466 e. The normalized spacial score (nSPS) is 10.2. The van der Waals surface area contributed by atoms with E-state index in [0.717, 1.165) is 0 Å². The fourth-order valence-corrected chi connectivity index (χ4v) is 2.39. The van der Waals surface area contributed by atoms with Crippen molar-refractivity contribution in [3.05, 3.63) is 38.4 Å². The number of nitrogens with zero attached hydrogens (tertiary/aromatic N) is 1. The molecule has 0 aromatic heterocycles. The van der Waals surface area contributed by atoms with Gasteiger partial charge in [0.2, 0.25) is 0 Å². The molecule has 0 fully saturated rings. The third-order valence-corrected chi connectivity index (χ3v) is 3.22. The van der Waals surface area contributed by atoms with Crippen LogP contribution in [0.2, 0.25) is 5.02 Å². The zero-order valence-corrected chi connectivity index (χ0v) is 12.0. The van der Waals surface area contributed by atoms with Gasteiger partial charge >= 0.3 is 5.97 Å². The summed E-state index contributed by atoms with van der Waals surface area (Å²) >= 11 is 9.15. The number of carbonyl (C=O) groups is 1. The van der Waals surface area contributed by atoms with Crippen LogP contribution in [0, 0.1) is 10.1 Å². The van der Waals surface area contributed by atoms with Crippen LogP contribution in [0.1, 0.15) is 18.1 Å². The Balaban J connectivity index is 3.19. The molecule has 0 unspecified atom stereocenters. The van der Waals surface area contributed by atoms with E-state index >= 15 is 0 Å². The van der Waals surface area contributed by atoms with E-state index in [9.17, 15) is 14.9 Å². The summed E-state index contributed by atoms with van der Waals surface area (Å²) in [5, 5.41) is 11.5. The fraction of sp³-hybridized carbons (Fsp3) is 0.364. The van der Waals surface area contributed by atoms with Crippen molar-refractivity contribution in [3.8, 4) is 0 Å². The Kier molecular flexibility index (Phi) is 5.55. The molecule has 7 heteroatoms. The van der Waals surface area contributed by atoms with Crippen molar-refractivity contribution in [1.82, 2.24) is 0 Å². The minimum atomic E-state index is -0.498. The lowest BCUT2D eigenvalue weighted by atomic mass is 10.0. The second-order valence-electron chi connectivity index (χ2n) is 3.40. The summed E-state index contributed by atoms with van der Waals surface area (Å²) in [6.45, 7) is 1.95. The minimum Gasteiger partial charge on any atom is -0.466 e. The number of halogens is 2. The lowest BCUT2D eigenvalue weighted by Crippen LogP contribution is -2.10. The summed E-state index contributed by atoms with van der Waals surface area (Å²) in [6.07, 6.45) is -0.0741. The van der Waals surface area contributed by atoms with Crippen molar-refractivity contribution in [2.75, 3.05) is 6.61 Å². The zero-order chi connectivity index (χ0) is 13.7. The smallest absolute Gasteiger partial charge is 0.310 e. The van der Waals surface area contributed by atoms with Crippen LogP contribution in [0.15, 0.2) is 12.1 Å². The molecule has 0 aliphatic rings. The molecule has 0 amide bonds. The van der Waals surface area contributed by atoms with Crippen molar-refractivity contribution in [2.24, 2.45) is 0 Å². The van der Waals surface area contributed by atoms with E-state index in [4.69, 9.17) is 16.3 Å². The average molecular weight is 337 g/mol. The van der Waals surface area contributed by atoms with E-state index in [1.165, 1.54) is 12.1 Å². The summed E-state index contributed by atoms with van der Waals surface area (Å²) in [5.74, 6) is -0.456. The van der Waals surface area contributed by atoms with Crippen molar-refractivity contribution >= 4 is 39.2 Å². The van der Waals surface area contributed by atoms with Crippen LogP contribution in [-0.4, -0.2) is 17.5 Å². The fourth-order valence-electron chi connectivity index (χ4n) is 1.52. The van der Waals surface area contributed by atoms with Gasteiger partial charge in [-0.25, -0.2) is 0 Å². The van der Waals surface area contributed by atoms with Crippen molar-refractivity contribution < 1.29 is 14.5 Å². The van der Waals surface area contributed by atoms with Gasteiger partial charge in [-0.2, -0.15) is 0 Å². The molecule has 0 saturated heterocycles. The molecule has 0 spiro atoms. The van der Waals surface area contributed by atoms with Crippen molar-refractivity contribution in [1.29, 1.82) is 0 Å².